The molecule has 4 nitrogen and oxygen atoms in total. The summed E-state index contributed by atoms with van der Waals surface area (Å²) < 4.78 is 33.7. The van der Waals surface area contributed by atoms with Gasteiger partial charge in [-0.2, -0.15) is 4.31 Å². The summed E-state index contributed by atoms with van der Waals surface area (Å²) in [5, 5.41) is 0. The zero-order valence-corrected chi connectivity index (χ0v) is 14.6. The maximum Gasteiger partial charge on any atom is 0.244 e. The molecule has 0 saturated carbocycles. The average molecular weight is 362 g/mol. The fourth-order valence-electron chi connectivity index (χ4n) is 2.68. The van der Waals surface area contributed by atoms with E-state index in [0.717, 1.165) is 0 Å². The number of morpholine rings is 1. The van der Waals surface area contributed by atoms with Gasteiger partial charge in [0.2, 0.25) is 10.0 Å². The van der Waals surface area contributed by atoms with Crippen LogP contribution in [0, 0.1) is 0 Å². The van der Waals surface area contributed by atoms with Crippen LogP contribution in [0.5, 0.6) is 0 Å². The topological polar surface area (TPSA) is 46.6 Å². The van der Waals surface area contributed by atoms with Gasteiger partial charge in [-0.1, -0.05) is 12.1 Å². The highest BCUT2D eigenvalue weighted by Crippen LogP contribution is 2.33. The molecule has 1 aromatic carbocycles. The number of rotatable bonds is 2. The van der Waals surface area contributed by atoms with E-state index in [1.165, 1.54) is 4.31 Å². The predicted octanol–water partition coefficient (Wildman–Crippen LogP) is 3.03. The number of sulfonamides is 1. The summed E-state index contributed by atoms with van der Waals surface area (Å²) in [5.41, 5.74) is -1.01. The fourth-order valence-corrected chi connectivity index (χ4v) is 5.38. The summed E-state index contributed by atoms with van der Waals surface area (Å²) in [7, 11) is -3.53. The van der Waals surface area contributed by atoms with E-state index < -0.39 is 21.2 Å². The van der Waals surface area contributed by atoms with Crippen LogP contribution in [0.1, 0.15) is 27.7 Å². The van der Waals surface area contributed by atoms with E-state index in [4.69, 9.17) is 4.74 Å². The second-order valence-corrected chi connectivity index (χ2v) is 9.09. The van der Waals surface area contributed by atoms with Gasteiger partial charge in [-0.15, -0.1) is 0 Å². The Kier molecular flexibility index (Phi) is 4.06. The Morgan fingerprint density at radius 2 is 1.60 bits per heavy atom. The van der Waals surface area contributed by atoms with E-state index in [2.05, 4.69) is 15.9 Å². The van der Waals surface area contributed by atoms with Crippen LogP contribution in [-0.2, 0) is 14.8 Å². The van der Waals surface area contributed by atoms with Crippen molar-refractivity contribution in [3.8, 4) is 0 Å². The van der Waals surface area contributed by atoms with Crippen LogP contribution in [0.15, 0.2) is 33.6 Å². The lowest BCUT2D eigenvalue weighted by molar-refractivity contribution is -0.163. The molecule has 1 aliphatic heterocycles. The maximum absolute atomic E-state index is 12.8. The predicted molar refractivity (Wildman–Crippen MR) is 82.1 cm³/mol. The Bertz CT molecular complexity index is 595. The first-order valence-corrected chi connectivity index (χ1v) is 8.72. The zero-order chi connectivity index (χ0) is 15.2. The molecule has 6 heteroatoms. The minimum Gasteiger partial charge on any atom is -0.367 e. The Hall–Kier alpha value is -0.430. The van der Waals surface area contributed by atoms with Crippen molar-refractivity contribution in [3.63, 3.8) is 0 Å². The molecule has 0 bridgehead atoms. The standard InChI is InChI=1S/C14H20BrNO3S/c1-13(2)9-16(10-14(3,4)19-13)20(17,18)12-8-6-5-7-11(12)15/h5-8H,9-10H2,1-4H3. The van der Waals surface area contributed by atoms with E-state index in [0.29, 0.717) is 22.5 Å². The molecule has 0 spiro atoms. The van der Waals surface area contributed by atoms with E-state index in [1.54, 1.807) is 24.3 Å². The quantitative estimate of drug-likeness (QED) is 0.813. The van der Waals surface area contributed by atoms with Crippen molar-refractivity contribution in [1.29, 1.82) is 0 Å². The molecule has 0 aromatic heterocycles. The number of nitrogens with zero attached hydrogens (tertiary/aromatic N) is 1. The van der Waals surface area contributed by atoms with Gasteiger partial charge in [0.15, 0.2) is 0 Å². The largest absolute Gasteiger partial charge is 0.367 e. The normalized spacial score (nSPS) is 22.6. The van der Waals surface area contributed by atoms with Crippen LogP contribution < -0.4 is 0 Å². The molecule has 0 unspecified atom stereocenters. The lowest BCUT2D eigenvalue weighted by Crippen LogP contribution is -2.58. The zero-order valence-electron chi connectivity index (χ0n) is 12.2. The minimum atomic E-state index is -3.53. The monoisotopic (exact) mass is 361 g/mol. The molecule has 0 atom stereocenters. The molecule has 1 saturated heterocycles. The first-order valence-electron chi connectivity index (χ1n) is 6.48. The summed E-state index contributed by atoms with van der Waals surface area (Å²) >= 11 is 3.32. The van der Waals surface area contributed by atoms with Gasteiger partial charge in [0.05, 0.1) is 16.1 Å². The first kappa shape index (κ1) is 15.9. The van der Waals surface area contributed by atoms with Crippen LogP contribution >= 0.6 is 15.9 Å². The molecule has 1 heterocycles. The van der Waals surface area contributed by atoms with Crippen molar-refractivity contribution in [2.75, 3.05) is 13.1 Å². The van der Waals surface area contributed by atoms with E-state index in [9.17, 15) is 8.42 Å². The fraction of sp³-hybridized carbons (Fsp3) is 0.571. The highest BCUT2D eigenvalue weighted by Gasteiger charge is 2.43. The molecule has 0 N–H and O–H groups in total. The molecule has 1 aliphatic rings. The molecule has 112 valence electrons. The SMILES string of the molecule is CC1(C)CN(S(=O)(=O)c2ccccc2Br)CC(C)(C)O1. The van der Waals surface area contributed by atoms with Crippen molar-refractivity contribution >= 4 is 26.0 Å². The van der Waals surface area contributed by atoms with Gasteiger partial charge in [-0.25, -0.2) is 8.42 Å². The third kappa shape index (κ3) is 3.24. The van der Waals surface area contributed by atoms with E-state index in [1.807, 2.05) is 27.7 Å². The number of hydrogen-bond acceptors (Lipinski definition) is 3. The molecule has 1 aromatic rings. The molecular formula is C14H20BrNO3S. The van der Waals surface area contributed by atoms with Crippen molar-refractivity contribution in [2.45, 2.75) is 43.8 Å². The van der Waals surface area contributed by atoms with Gasteiger partial charge in [0.1, 0.15) is 0 Å². The molecule has 0 radical (unpaired) electrons. The summed E-state index contributed by atoms with van der Waals surface area (Å²) in [4.78, 5) is 0.300. The van der Waals surface area contributed by atoms with Crippen LogP contribution in [0.2, 0.25) is 0 Å². The second kappa shape index (κ2) is 5.09. The summed E-state index contributed by atoms with van der Waals surface area (Å²) in [6, 6.07) is 6.89. The van der Waals surface area contributed by atoms with E-state index in [-0.39, 0.29) is 0 Å². The Morgan fingerprint density at radius 3 is 2.10 bits per heavy atom. The number of halogens is 1. The van der Waals surface area contributed by atoms with Crippen LogP contribution in [-0.4, -0.2) is 37.0 Å². The molecule has 0 aliphatic carbocycles. The van der Waals surface area contributed by atoms with Crippen LogP contribution in [0.3, 0.4) is 0 Å². The lowest BCUT2D eigenvalue weighted by atomic mass is 10.0. The van der Waals surface area contributed by atoms with Gasteiger partial charge in [0.25, 0.3) is 0 Å². The summed E-state index contributed by atoms with van der Waals surface area (Å²) in [6.07, 6.45) is 0. The van der Waals surface area contributed by atoms with Crippen molar-refractivity contribution < 1.29 is 13.2 Å². The van der Waals surface area contributed by atoms with Crippen molar-refractivity contribution in [3.05, 3.63) is 28.7 Å². The van der Waals surface area contributed by atoms with Gasteiger partial charge >= 0.3 is 0 Å². The molecule has 2 rings (SSSR count). The van der Waals surface area contributed by atoms with Crippen LogP contribution in [0.25, 0.3) is 0 Å². The van der Waals surface area contributed by atoms with E-state index >= 15 is 0 Å². The third-order valence-corrected chi connectivity index (χ3v) is 5.93. The van der Waals surface area contributed by atoms with Gasteiger partial charge in [-0.05, 0) is 55.8 Å². The highest BCUT2D eigenvalue weighted by molar-refractivity contribution is 9.10. The second-order valence-electron chi connectivity index (χ2n) is 6.32. The molecule has 0 amide bonds. The van der Waals surface area contributed by atoms with Crippen molar-refractivity contribution in [1.82, 2.24) is 4.31 Å². The number of ether oxygens (including phenoxy) is 1. The Balaban J connectivity index is 2.42. The molecular weight excluding hydrogens is 342 g/mol. The average Bonchev–Trinajstić information content (AvgIpc) is 2.25. The number of benzene rings is 1. The highest BCUT2D eigenvalue weighted by atomic mass is 79.9. The van der Waals surface area contributed by atoms with Gasteiger partial charge in [0, 0.05) is 17.6 Å². The lowest BCUT2D eigenvalue weighted by Gasteiger charge is -2.46. The smallest absolute Gasteiger partial charge is 0.244 e. The number of hydrogen-bond donors (Lipinski definition) is 0. The first-order chi connectivity index (χ1) is 9.04. The summed E-state index contributed by atoms with van der Waals surface area (Å²) in [6.45, 7) is 8.35. The van der Waals surface area contributed by atoms with Gasteiger partial charge in [-0.3, -0.25) is 0 Å². The van der Waals surface area contributed by atoms with Crippen LogP contribution in [0.4, 0.5) is 0 Å². The Morgan fingerprint density at radius 1 is 1.10 bits per heavy atom. The Labute approximate surface area is 129 Å². The van der Waals surface area contributed by atoms with Gasteiger partial charge < -0.3 is 4.74 Å². The molecule has 20 heavy (non-hydrogen) atoms. The maximum atomic E-state index is 12.8. The van der Waals surface area contributed by atoms with Crippen molar-refractivity contribution in [2.24, 2.45) is 0 Å². The molecule has 1 fully saturated rings. The third-order valence-electron chi connectivity index (χ3n) is 3.12. The minimum absolute atomic E-state index is 0.300. The summed E-state index contributed by atoms with van der Waals surface area (Å²) in [5.74, 6) is 0.